The molecule has 0 bridgehead atoms. The van der Waals surface area contributed by atoms with E-state index in [-0.39, 0.29) is 19.0 Å². The average Bonchev–Trinajstić information content (AvgIpc) is 3.29. The van der Waals surface area contributed by atoms with Crippen molar-refractivity contribution in [1.82, 2.24) is 19.6 Å². The summed E-state index contributed by atoms with van der Waals surface area (Å²) in [4.78, 5) is 16.3. The van der Waals surface area contributed by atoms with Crippen molar-refractivity contribution in [1.29, 1.82) is 0 Å². The van der Waals surface area contributed by atoms with E-state index in [0.29, 0.717) is 42.3 Å². The molecule has 0 unspecified atom stereocenters. The number of furan rings is 1. The Morgan fingerprint density at radius 3 is 2.52 bits per heavy atom. The smallest absolute Gasteiger partial charge is 0.401 e. The van der Waals surface area contributed by atoms with Gasteiger partial charge in [0, 0.05) is 32.4 Å². The highest BCUT2D eigenvalue weighted by atomic mass is 19.4. The molecule has 1 aliphatic heterocycles. The fourth-order valence-corrected chi connectivity index (χ4v) is 3.74. The summed E-state index contributed by atoms with van der Waals surface area (Å²) in [6.07, 6.45) is -2.12. The van der Waals surface area contributed by atoms with Crippen molar-refractivity contribution in [2.45, 2.75) is 19.5 Å². The standard InChI is InChI=1S/C22H23F3N4O2/c1-16-8-9-19(31-16)20-18(14-29(26-20)17-6-3-2-4-7-17)21(30)28-11-5-10-27(12-13-28)15-22(23,24)25/h2-4,6-9,14H,5,10-13,15H2,1H3. The van der Waals surface area contributed by atoms with E-state index in [2.05, 4.69) is 5.10 Å². The molecule has 0 radical (unpaired) electrons. The highest BCUT2D eigenvalue weighted by molar-refractivity contribution is 5.99. The van der Waals surface area contributed by atoms with Crippen LogP contribution in [0.3, 0.4) is 0 Å². The molecule has 1 saturated heterocycles. The van der Waals surface area contributed by atoms with Crippen LogP contribution < -0.4 is 0 Å². The molecule has 0 saturated carbocycles. The van der Waals surface area contributed by atoms with Crippen molar-refractivity contribution >= 4 is 5.91 Å². The number of aromatic nitrogens is 2. The first kappa shape index (κ1) is 21.2. The monoisotopic (exact) mass is 432 g/mol. The Morgan fingerprint density at radius 2 is 1.84 bits per heavy atom. The fraction of sp³-hybridized carbons (Fsp3) is 0.364. The van der Waals surface area contributed by atoms with Gasteiger partial charge in [-0.3, -0.25) is 9.69 Å². The number of nitrogens with zero attached hydrogens (tertiary/aromatic N) is 4. The molecule has 1 amide bonds. The van der Waals surface area contributed by atoms with E-state index < -0.39 is 12.7 Å². The number of carbonyl (C=O) groups is 1. The fourth-order valence-electron chi connectivity index (χ4n) is 3.74. The SMILES string of the molecule is Cc1ccc(-c2nn(-c3ccccc3)cc2C(=O)N2CCCN(CC(F)(F)F)CC2)o1. The molecule has 3 aromatic rings. The Hall–Kier alpha value is -3.07. The van der Waals surface area contributed by atoms with Gasteiger partial charge in [-0.2, -0.15) is 18.3 Å². The van der Waals surface area contributed by atoms with Gasteiger partial charge in [0.25, 0.3) is 5.91 Å². The van der Waals surface area contributed by atoms with Crippen LogP contribution in [0.5, 0.6) is 0 Å². The van der Waals surface area contributed by atoms with E-state index in [1.807, 2.05) is 37.3 Å². The quantitative estimate of drug-likeness (QED) is 0.622. The minimum atomic E-state index is -4.25. The third-order valence-corrected chi connectivity index (χ3v) is 5.22. The second-order valence-corrected chi connectivity index (χ2v) is 7.62. The Kier molecular flexibility index (Phi) is 5.86. The van der Waals surface area contributed by atoms with Crippen LogP contribution in [0.15, 0.2) is 53.1 Å². The third-order valence-electron chi connectivity index (χ3n) is 5.22. The Morgan fingerprint density at radius 1 is 1.06 bits per heavy atom. The number of para-hydroxylation sites is 1. The first-order valence-electron chi connectivity index (χ1n) is 10.1. The molecule has 0 N–H and O–H groups in total. The van der Waals surface area contributed by atoms with Gasteiger partial charge < -0.3 is 9.32 Å². The van der Waals surface area contributed by atoms with Crippen LogP contribution in [0, 0.1) is 6.92 Å². The highest BCUT2D eigenvalue weighted by Gasteiger charge is 2.32. The van der Waals surface area contributed by atoms with Gasteiger partial charge >= 0.3 is 6.18 Å². The lowest BCUT2D eigenvalue weighted by Gasteiger charge is -2.22. The van der Waals surface area contributed by atoms with Gasteiger partial charge in [-0.25, -0.2) is 4.68 Å². The Balaban J connectivity index is 1.62. The van der Waals surface area contributed by atoms with E-state index in [1.54, 1.807) is 27.9 Å². The van der Waals surface area contributed by atoms with E-state index in [9.17, 15) is 18.0 Å². The largest absolute Gasteiger partial charge is 0.460 e. The second kappa shape index (κ2) is 8.58. The van der Waals surface area contributed by atoms with E-state index in [4.69, 9.17) is 4.42 Å². The zero-order chi connectivity index (χ0) is 22.0. The molecule has 1 aromatic carbocycles. The molecule has 9 heteroatoms. The zero-order valence-electron chi connectivity index (χ0n) is 17.1. The molecule has 2 aromatic heterocycles. The summed E-state index contributed by atoms with van der Waals surface area (Å²) in [5.41, 5.74) is 1.57. The van der Waals surface area contributed by atoms with Crippen molar-refractivity contribution < 1.29 is 22.4 Å². The van der Waals surface area contributed by atoms with Crippen LogP contribution in [0.4, 0.5) is 13.2 Å². The predicted octanol–water partition coefficient (Wildman–Crippen LogP) is 4.15. The molecular formula is C22H23F3N4O2. The summed E-state index contributed by atoms with van der Waals surface area (Å²) >= 11 is 0. The number of rotatable bonds is 4. The van der Waals surface area contributed by atoms with Crippen LogP contribution in [-0.2, 0) is 0 Å². The lowest BCUT2D eigenvalue weighted by Crippen LogP contribution is -2.38. The van der Waals surface area contributed by atoms with Crippen molar-refractivity contribution in [2.75, 3.05) is 32.7 Å². The Labute approximate surface area is 177 Å². The first-order valence-corrected chi connectivity index (χ1v) is 10.1. The van der Waals surface area contributed by atoms with Crippen molar-refractivity contribution in [3.8, 4) is 17.1 Å². The second-order valence-electron chi connectivity index (χ2n) is 7.62. The number of halogens is 3. The van der Waals surface area contributed by atoms with Crippen LogP contribution >= 0.6 is 0 Å². The predicted molar refractivity (Wildman–Crippen MR) is 109 cm³/mol. The maximum atomic E-state index is 13.4. The van der Waals surface area contributed by atoms with E-state index in [0.717, 1.165) is 5.69 Å². The molecule has 164 valence electrons. The summed E-state index contributed by atoms with van der Waals surface area (Å²) in [5.74, 6) is 0.907. The summed E-state index contributed by atoms with van der Waals surface area (Å²) in [6, 6.07) is 12.9. The molecule has 0 atom stereocenters. The minimum Gasteiger partial charge on any atom is -0.460 e. The van der Waals surface area contributed by atoms with Crippen LogP contribution in [-0.4, -0.2) is 64.4 Å². The minimum absolute atomic E-state index is 0.174. The van der Waals surface area contributed by atoms with Crippen LogP contribution in [0.2, 0.25) is 0 Å². The number of aryl methyl sites for hydroxylation is 1. The van der Waals surface area contributed by atoms with Crippen molar-refractivity contribution in [2.24, 2.45) is 0 Å². The number of hydrogen-bond acceptors (Lipinski definition) is 4. The number of alkyl halides is 3. The van der Waals surface area contributed by atoms with Gasteiger partial charge in [-0.15, -0.1) is 0 Å². The van der Waals surface area contributed by atoms with Crippen molar-refractivity contribution in [3.63, 3.8) is 0 Å². The van der Waals surface area contributed by atoms with Gasteiger partial charge in [-0.05, 0) is 37.6 Å². The molecule has 3 heterocycles. The topological polar surface area (TPSA) is 54.5 Å². The Bertz CT molecular complexity index is 1040. The molecule has 0 aliphatic carbocycles. The van der Waals surface area contributed by atoms with Gasteiger partial charge in [0.1, 0.15) is 11.5 Å². The van der Waals surface area contributed by atoms with Gasteiger partial charge in [0.15, 0.2) is 5.76 Å². The molecular weight excluding hydrogens is 409 g/mol. The molecule has 0 spiro atoms. The summed E-state index contributed by atoms with van der Waals surface area (Å²) in [6.45, 7) is 1.94. The maximum absolute atomic E-state index is 13.4. The third kappa shape index (κ3) is 4.99. The van der Waals surface area contributed by atoms with E-state index in [1.165, 1.54) is 4.90 Å². The molecule has 31 heavy (non-hydrogen) atoms. The maximum Gasteiger partial charge on any atom is 0.401 e. The van der Waals surface area contributed by atoms with Crippen LogP contribution in [0.1, 0.15) is 22.5 Å². The molecule has 1 aliphatic rings. The van der Waals surface area contributed by atoms with E-state index >= 15 is 0 Å². The first-order chi connectivity index (χ1) is 14.8. The number of hydrogen-bond donors (Lipinski definition) is 0. The van der Waals surface area contributed by atoms with Gasteiger partial charge in [-0.1, -0.05) is 18.2 Å². The highest BCUT2D eigenvalue weighted by Crippen LogP contribution is 2.27. The normalized spacial score (nSPS) is 15.8. The summed E-state index contributed by atoms with van der Waals surface area (Å²) in [5, 5.41) is 4.58. The number of carbonyl (C=O) groups excluding carboxylic acids is 1. The molecule has 4 rings (SSSR count). The number of amides is 1. The van der Waals surface area contributed by atoms with Crippen molar-refractivity contribution in [3.05, 3.63) is 60.0 Å². The summed E-state index contributed by atoms with van der Waals surface area (Å²) in [7, 11) is 0. The lowest BCUT2D eigenvalue weighted by atomic mass is 10.2. The number of benzene rings is 1. The molecule has 6 nitrogen and oxygen atoms in total. The molecule has 1 fully saturated rings. The van der Waals surface area contributed by atoms with Crippen LogP contribution in [0.25, 0.3) is 17.1 Å². The van der Waals surface area contributed by atoms with Gasteiger partial charge in [0.2, 0.25) is 0 Å². The summed E-state index contributed by atoms with van der Waals surface area (Å²) < 4.78 is 45.6. The van der Waals surface area contributed by atoms with Gasteiger partial charge in [0.05, 0.1) is 17.8 Å². The lowest BCUT2D eigenvalue weighted by molar-refractivity contribution is -0.145. The zero-order valence-corrected chi connectivity index (χ0v) is 17.1. The average molecular weight is 432 g/mol.